The summed E-state index contributed by atoms with van der Waals surface area (Å²) in [4.78, 5) is 26.3. The number of rotatable bonds is 8. The quantitative estimate of drug-likeness (QED) is 0.700. The van der Waals surface area contributed by atoms with Crippen molar-refractivity contribution in [1.82, 2.24) is 15.1 Å². The van der Waals surface area contributed by atoms with Crippen molar-refractivity contribution in [2.24, 2.45) is 5.92 Å². The van der Waals surface area contributed by atoms with E-state index < -0.39 is 5.92 Å². The molecular weight excluding hydrogens is 404 g/mol. The first-order chi connectivity index (χ1) is 13.5. The van der Waals surface area contributed by atoms with E-state index in [4.69, 9.17) is 21.1 Å². The Labute approximate surface area is 171 Å². The van der Waals surface area contributed by atoms with Crippen LogP contribution in [-0.2, 0) is 20.9 Å². The predicted octanol–water partition coefficient (Wildman–Crippen LogP) is 2.59. The van der Waals surface area contributed by atoms with Crippen molar-refractivity contribution in [3.05, 3.63) is 34.3 Å². The number of ether oxygens (including phenoxy) is 2. The van der Waals surface area contributed by atoms with Crippen LogP contribution >= 0.6 is 22.9 Å². The van der Waals surface area contributed by atoms with Crippen molar-refractivity contribution in [2.75, 3.05) is 25.6 Å². The van der Waals surface area contributed by atoms with E-state index in [0.717, 1.165) is 0 Å². The van der Waals surface area contributed by atoms with Gasteiger partial charge >= 0.3 is 0 Å². The number of carbonyl (C=O) groups excluding carboxylic acids is 2. The largest absolute Gasteiger partial charge is 0.486 e. The number of benzene rings is 1. The average molecular weight is 425 g/mol. The zero-order valence-electron chi connectivity index (χ0n) is 15.6. The molecule has 0 spiro atoms. The summed E-state index contributed by atoms with van der Waals surface area (Å²) >= 11 is 7.07. The van der Waals surface area contributed by atoms with Gasteiger partial charge in [0.25, 0.3) is 0 Å². The minimum Gasteiger partial charge on any atom is -0.486 e. The SMILES string of the molecule is COCC(C)N1CC(C(=O)Nc2nnc(COc3ccc(Cl)cc3)s2)CC1=O. The highest BCUT2D eigenvalue weighted by atomic mass is 35.5. The molecule has 1 saturated heterocycles. The van der Waals surface area contributed by atoms with Crippen LogP contribution in [0.1, 0.15) is 18.4 Å². The van der Waals surface area contributed by atoms with Crippen molar-refractivity contribution in [3.63, 3.8) is 0 Å². The molecule has 2 unspecified atom stereocenters. The van der Waals surface area contributed by atoms with Crippen molar-refractivity contribution in [3.8, 4) is 5.75 Å². The number of amides is 2. The summed E-state index contributed by atoms with van der Waals surface area (Å²) in [6, 6.07) is 6.94. The zero-order valence-corrected chi connectivity index (χ0v) is 17.1. The highest BCUT2D eigenvalue weighted by molar-refractivity contribution is 7.15. The fourth-order valence-corrected chi connectivity index (χ4v) is 3.69. The van der Waals surface area contributed by atoms with Gasteiger partial charge in [0.15, 0.2) is 5.01 Å². The Morgan fingerprint density at radius 1 is 1.39 bits per heavy atom. The molecule has 1 aliphatic heterocycles. The number of likely N-dealkylation sites (tertiary alicyclic amines) is 1. The second kappa shape index (κ2) is 9.31. The molecule has 0 aliphatic carbocycles. The molecule has 2 aromatic rings. The van der Waals surface area contributed by atoms with E-state index >= 15 is 0 Å². The maximum Gasteiger partial charge on any atom is 0.231 e. The molecule has 0 saturated carbocycles. The first-order valence-electron chi connectivity index (χ1n) is 8.76. The maximum absolute atomic E-state index is 12.5. The van der Waals surface area contributed by atoms with Crippen molar-refractivity contribution in [2.45, 2.75) is 26.0 Å². The van der Waals surface area contributed by atoms with Gasteiger partial charge in [0.05, 0.1) is 18.6 Å². The van der Waals surface area contributed by atoms with Gasteiger partial charge in [-0.3, -0.25) is 9.59 Å². The monoisotopic (exact) mass is 424 g/mol. The summed E-state index contributed by atoms with van der Waals surface area (Å²) in [5, 5.41) is 12.4. The van der Waals surface area contributed by atoms with Crippen LogP contribution in [0.25, 0.3) is 0 Å². The fourth-order valence-electron chi connectivity index (χ4n) is 2.91. The normalized spacial score (nSPS) is 17.6. The van der Waals surface area contributed by atoms with E-state index in [1.807, 2.05) is 6.92 Å². The standard InChI is InChI=1S/C18H21ClN4O4S/c1-11(9-26-2)23-8-12(7-16(23)24)17(25)20-18-22-21-15(28-18)10-27-14-5-3-13(19)4-6-14/h3-6,11-12H,7-10H2,1-2H3,(H,20,22,25). The third-order valence-electron chi connectivity index (χ3n) is 4.34. The number of anilines is 1. The molecule has 1 aromatic carbocycles. The van der Waals surface area contributed by atoms with Gasteiger partial charge in [0.2, 0.25) is 16.9 Å². The maximum atomic E-state index is 12.5. The first kappa shape index (κ1) is 20.5. The Bertz CT molecular complexity index is 829. The van der Waals surface area contributed by atoms with Crippen molar-refractivity contribution in [1.29, 1.82) is 0 Å². The molecule has 1 fully saturated rings. The van der Waals surface area contributed by atoms with Crippen LogP contribution in [0.4, 0.5) is 5.13 Å². The van der Waals surface area contributed by atoms with E-state index in [9.17, 15) is 9.59 Å². The molecule has 3 rings (SSSR count). The van der Waals surface area contributed by atoms with E-state index in [2.05, 4.69) is 15.5 Å². The third-order valence-corrected chi connectivity index (χ3v) is 5.41. The van der Waals surface area contributed by atoms with Crippen LogP contribution in [-0.4, -0.2) is 53.2 Å². The summed E-state index contributed by atoms with van der Waals surface area (Å²) < 4.78 is 10.7. The Hall–Kier alpha value is -2.23. The molecule has 2 amide bonds. The highest BCUT2D eigenvalue weighted by Crippen LogP contribution is 2.24. The Kier molecular flexibility index (Phi) is 6.82. The molecule has 1 N–H and O–H groups in total. The second-order valence-corrected chi connectivity index (χ2v) is 7.98. The van der Waals surface area contributed by atoms with Gasteiger partial charge in [0, 0.05) is 25.1 Å². The number of hydrogen-bond acceptors (Lipinski definition) is 7. The van der Waals surface area contributed by atoms with Crippen LogP contribution in [0, 0.1) is 5.92 Å². The first-order valence-corrected chi connectivity index (χ1v) is 9.95. The van der Waals surface area contributed by atoms with Gasteiger partial charge in [-0.1, -0.05) is 22.9 Å². The van der Waals surface area contributed by atoms with Crippen LogP contribution < -0.4 is 10.1 Å². The molecule has 8 nitrogen and oxygen atoms in total. The van der Waals surface area contributed by atoms with Gasteiger partial charge in [-0.25, -0.2) is 0 Å². The smallest absolute Gasteiger partial charge is 0.231 e. The summed E-state index contributed by atoms with van der Waals surface area (Å²) in [5.41, 5.74) is 0. The second-order valence-electron chi connectivity index (χ2n) is 6.48. The summed E-state index contributed by atoms with van der Waals surface area (Å²) in [6.07, 6.45) is 0.186. The number of methoxy groups -OCH3 is 1. The van der Waals surface area contributed by atoms with Gasteiger partial charge in [0.1, 0.15) is 12.4 Å². The van der Waals surface area contributed by atoms with Gasteiger partial charge in [-0.2, -0.15) is 0 Å². The number of nitrogens with zero attached hydrogens (tertiary/aromatic N) is 3. The van der Waals surface area contributed by atoms with Crippen LogP contribution in [0.2, 0.25) is 5.02 Å². The molecule has 10 heteroatoms. The van der Waals surface area contributed by atoms with E-state index in [0.29, 0.717) is 34.1 Å². The summed E-state index contributed by atoms with van der Waals surface area (Å²) in [5.74, 6) is -0.0230. The number of halogens is 1. The van der Waals surface area contributed by atoms with Crippen molar-refractivity contribution < 1.29 is 19.1 Å². The molecule has 2 atom stereocenters. The molecule has 28 heavy (non-hydrogen) atoms. The van der Waals surface area contributed by atoms with Crippen LogP contribution in [0.5, 0.6) is 5.75 Å². The van der Waals surface area contributed by atoms with Crippen LogP contribution in [0.3, 0.4) is 0 Å². The minimum absolute atomic E-state index is 0.0426. The topological polar surface area (TPSA) is 93.7 Å². The Morgan fingerprint density at radius 3 is 2.86 bits per heavy atom. The van der Waals surface area contributed by atoms with Gasteiger partial charge in [-0.05, 0) is 31.2 Å². The van der Waals surface area contributed by atoms with E-state index in [1.54, 1.807) is 36.3 Å². The highest BCUT2D eigenvalue weighted by Gasteiger charge is 2.36. The Balaban J connectivity index is 1.51. The predicted molar refractivity (Wildman–Crippen MR) is 105 cm³/mol. The van der Waals surface area contributed by atoms with E-state index in [-0.39, 0.29) is 30.9 Å². The summed E-state index contributed by atoms with van der Waals surface area (Å²) in [6.45, 7) is 2.95. The third kappa shape index (κ3) is 5.18. The number of carbonyl (C=O) groups is 2. The molecule has 0 radical (unpaired) electrons. The lowest BCUT2D eigenvalue weighted by Gasteiger charge is -2.23. The molecule has 1 aromatic heterocycles. The minimum atomic E-state index is -0.413. The lowest BCUT2D eigenvalue weighted by molar-refractivity contribution is -0.130. The lowest BCUT2D eigenvalue weighted by Crippen LogP contribution is -2.38. The van der Waals surface area contributed by atoms with Gasteiger partial charge < -0.3 is 19.7 Å². The molecule has 0 bridgehead atoms. The summed E-state index contributed by atoms with van der Waals surface area (Å²) in [7, 11) is 1.59. The number of hydrogen-bond donors (Lipinski definition) is 1. The zero-order chi connectivity index (χ0) is 20.1. The average Bonchev–Trinajstić information content (AvgIpc) is 3.28. The fraction of sp³-hybridized carbons (Fsp3) is 0.444. The van der Waals surface area contributed by atoms with Crippen LogP contribution in [0.15, 0.2) is 24.3 Å². The molecule has 1 aliphatic rings. The molecule has 150 valence electrons. The lowest BCUT2D eigenvalue weighted by atomic mass is 10.1. The molecular formula is C18H21ClN4O4S. The number of aromatic nitrogens is 2. The van der Waals surface area contributed by atoms with Gasteiger partial charge in [-0.15, -0.1) is 10.2 Å². The van der Waals surface area contributed by atoms with Crippen molar-refractivity contribution >= 4 is 39.9 Å². The molecule has 2 heterocycles. The number of nitrogens with one attached hydrogen (secondary N) is 1. The van der Waals surface area contributed by atoms with E-state index in [1.165, 1.54) is 11.3 Å². The Morgan fingerprint density at radius 2 is 2.14 bits per heavy atom.